The summed E-state index contributed by atoms with van der Waals surface area (Å²) in [6, 6.07) is 6.26. The number of rotatable bonds is 8. The van der Waals surface area contributed by atoms with Crippen LogP contribution in [0, 0.1) is 0 Å². The van der Waals surface area contributed by atoms with Gasteiger partial charge in [0.15, 0.2) is 5.78 Å². The molecule has 1 unspecified atom stereocenters. The molecule has 0 aliphatic carbocycles. The molecule has 1 aromatic carbocycles. The zero-order valence-corrected chi connectivity index (χ0v) is 12.5. The summed E-state index contributed by atoms with van der Waals surface area (Å²) in [5.41, 5.74) is 2.49. The highest BCUT2D eigenvalue weighted by Crippen LogP contribution is 2.26. The number of ketones is 1. The largest absolute Gasteiger partial charge is 0.493 e. The Labute approximate surface area is 121 Å². The number of aryl methyl sites for hydroxylation is 1. The zero-order valence-electron chi connectivity index (χ0n) is 12.5. The van der Waals surface area contributed by atoms with Gasteiger partial charge in [0.25, 0.3) is 0 Å². The van der Waals surface area contributed by atoms with Gasteiger partial charge in [-0.15, -0.1) is 0 Å². The predicted octanol–water partition coefficient (Wildman–Crippen LogP) is 3.33. The van der Waals surface area contributed by atoms with Crippen LogP contribution in [0.15, 0.2) is 18.2 Å². The number of benzene rings is 1. The Bertz CT molecular complexity index is 448. The van der Waals surface area contributed by atoms with E-state index in [4.69, 9.17) is 9.47 Å². The molecule has 0 amide bonds. The van der Waals surface area contributed by atoms with Gasteiger partial charge in [-0.05, 0) is 37.0 Å². The van der Waals surface area contributed by atoms with E-state index in [9.17, 15) is 4.79 Å². The monoisotopic (exact) mass is 276 g/mol. The molecule has 3 heteroatoms. The Morgan fingerprint density at radius 2 is 2.25 bits per heavy atom. The van der Waals surface area contributed by atoms with Crippen molar-refractivity contribution in [2.45, 2.75) is 52.1 Å². The number of carbonyl (C=O) groups is 1. The van der Waals surface area contributed by atoms with Crippen LogP contribution < -0.4 is 4.74 Å². The number of hydrogen-bond donors (Lipinski definition) is 0. The number of ether oxygens (including phenoxy) is 2. The van der Waals surface area contributed by atoms with Crippen LogP contribution in [-0.4, -0.2) is 25.1 Å². The van der Waals surface area contributed by atoms with Gasteiger partial charge in [-0.3, -0.25) is 4.79 Å². The summed E-state index contributed by atoms with van der Waals surface area (Å²) >= 11 is 0. The van der Waals surface area contributed by atoms with E-state index >= 15 is 0 Å². The van der Waals surface area contributed by atoms with Gasteiger partial charge in [0, 0.05) is 19.4 Å². The van der Waals surface area contributed by atoms with E-state index in [0.29, 0.717) is 13.0 Å². The van der Waals surface area contributed by atoms with E-state index in [-0.39, 0.29) is 11.9 Å². The van der Waals surface area contributed by atoms with Gasteiger partial charge in [-0.1, -0.05) is 25.5 Å². The highest BCUT2D eigenvalue weighted by atomic mass is 16.5. The van der Waals surface area contributed by atoms with Gasteiger partial charge in [0.05, 0.1) is 6.61 Å². The van der Waals surface area contributed by atoms with Gasteiger partial charge in [-0.25, -0.2) is 0 Å². The highest BCUT2D eigenvalue weighted by Gasteiger charge is 2.18. The first-order chi connectivity index (χ1) is 9.74. The van der Waals surface area contributed by atoms with E-state index in [1.54, 1.807) is 0 Å². The van der Waals surface area contributed by atoms with Crippen molar-refractivity contribution in [3.63, 3.8) is 0 Å². The molecule has 0 saturated heterocycles. The summed E-state index contributed by atoms with van der Waals surface area (Å²) in [5.74, 6) is 1.23. The van der Waals surface area contributed by atoms with Crippen LogP contribution in [-0.2, 0) is 22.4 Å². The van der Waals surface area contributed by atoms with Crippen LogP contribution in [0.25, 0.3) is 0 Å². The SMILES string of the molecule is CCCC(OCC)C(=O)CCc1ccc2c(c1)CCO2. The Balaban J connectivity index is 1.89. The molecule has 3 nitrogen and oxygen atoms in total. The molecule has 0 N–H and O–H groups in total. The van der Waals surface area contributed by atoms with Crippen molar-refractivity contribution in [2.24, 2.45) is 0 Å². The molecule has 2 rings (SSSR count). The summed E-state index contributed by atoms with van der Waals surface area (Å²) in [5, 5.41) is 0. The minimum atomic E-state index is -0.220. The van der Waals surface area contributed by atoms with E-state index in [2.05, 4.69) is 19.1 Å². The van der Waals surface area contributed by atoms with Crippen LogP contribution in [0.1, 0.15) is 44.2 Å². The molecule has 0 radical (unpaired) electrons. The minimum Gasteiger partial charge on any atom is -0.493 e. The van der Waals surface area contributed by atoms with Crippen molar-refractivity contribution in [1.29, 1.82) is 0 Å². The Kier molecular flexibility index (Phi) is 5.60. The molecular formula is C17H24O3. The van der Waals surface area contributed by atoms with Crippen LogP contribution in [0.3, 0.4) is 0 Å². The molecule has 1 aliphatic heterocycles. The average Bonchev–Trinajstić information content (AvgIpc) is 2.92. The van der Waals surface area contributed by atoms with Crippen LogP contribution in [0.5, 0.6) is 5.75 Å². The average molecular weight is 276 g/mol. The smallest absolute Gasteiger partial charge is 0.161 e. The Morgan fingerprint density at radius 3 is 3.00 bits per heavy atom. The van der Waals surface area contributed by atoms with Gasteiger partial charge in [-0.2, -0.15) is 0 Å². The summed E-state index contributed by atoms with van der Waals surface area (Å²) in [4.78, 5) is 12.2. The highest BCUT2D eigenvalue weighted by molar-refractivity contribution is 5.83. The second kappa shape index (κ2) is 7.44. The number of carbonyl (C=O) groups excluding carboxylic acids is 1. The van der Waals surface area contributed by atoms with E-state index in [1.807, 2.05) is 13.0 Å². The molecule has 0 bridgehead atoms. The summed E-state index contributed by atoms with van der Waals surface area (Å²) in [6.07, 6.45) is 3.91. The van der Waals surface area contributed by atoms with E-state index in [1.165, 1.54) is 11.1 Å². The molecule has 1 aromatic rings. The maximum absolute atomic E-state index is 12.2. The molecule has 110 valence electrons. The maximum atomic E-state index is 12.2. The fourth-order valence-electron chi connectivity index (χ4n) is 2.62. The lowest BCUT2D eigenvalue weighted by atomic mass is 10.0. The molecule has 0 spiro atoms. The molecule has 0 saturated carbocycles. The van der Waals surface area contributed by atoms with Crippen molar-refractivity contribution in [3.05, 3.63) is 29.3 Å². The summed E-state index contributed by atoms with van der Waals surface area (Å²) < 4.78 is 11.0. The van der Waals surface area contributed by atoms with Gasteiger partial charge in [0.1, 0.15) is 11.9 Å². The Hall–Kier alpha value is -1.35. The number of fused-ring (bicyclic) bond motifs is 1. The van der Waals surface area contributed by atoms with Gasteiger partial charge >= 0.3 is 0 Å². The zero-order chi connectivity index (χ0) is 14.4. The summed E-state index contributed by atoms with van der Waals surface area (Å²) in [7, 11) is 0. The standard InChI is InChI=1S/C17H24O3/c1-3-5-17(19-4-2)15(18)8-6-13-7-9-16-14(12-13)10-11-20-16/h7,9,12,17H,3-6,8,10-11H2,1-2H3. The molecule has 1 atom stereocenters. The minimum absolute atomic E-state index is 0.220. The first-order valence-corrected chi connectivity index (χ1v) is 7.63. The Morgan fingerprint density at radius 1 is 1.40 bits per heavy atom. The van der Waals surface area contributed by atoms with Crippen molar-refractivity contribution in [2.75, 3.05) is 13.2 Å². The van der Waals surface area contributed by atoms with Crippen LogP contribution in [0.4, 0.5) is 0 Å². The molecule has 1 heterocycles. The topological polar surface area (TPSA) is 35.5 Å². The van der Waals surface area contributed by atoms with Crippen molar-refractivity contribution in [1.82, 2.24) is 0 Å². The molecule has 1 aliphatic rings. The third-order valence-electron chi connectivity index (χ3n) is 3.69. The van der Waals surface area contributed by atoms with Crippen molar-refractivity contribution >= 4 is 5.78 Å². The summed E-state index contributed by atoms with van der Waals surface area (Å²) in [6.45, 7) is 5.41. The first-order valence-electron chi connectivity index (χ1n) is 7.63. The van der Waals surface area contributed by atoms with Crippen molar-refractivity contribution in [3.8, 4) is 5.75 Å². The lowest BCUT2D eigenvalue weighted by Crippen LogP contribution is -2.24. The van der Waals surface area contributed by atoms with E-state index in [0.717, 1.165) is 38.0 Å². The van der Waals surface area contributed by atoms with E-state index < -0.39 is 0 Å². The number of hydrogen-bond acceptors (Lipinski definition) is 3. The first kappa shape index (κ1) is 15.0. The maximum Gasteiger partial charge on any atom is 0.161 e. The van der Waals surface area contributed by atoms with Crippen LogP contribution >= 0.6 is 0 Å². The lowest BCUT2D eigenvalue weighted by Gasteiger charge is -2.15. The molecule has 0 aromatic heterocycles. The van der Waals surface area contributed by atoms with Gasteiger partial charge in [0.2, 0.25) is 0 Å². The van der Waals surface area contributed by atoms with Crippen molar-refractivity contribution < 1.29 is 14.3 Å². The third-order valence-corrected chi connectivity index (χ3v) is 3.69. The second-order valence-corrected chi connectivity index (χ2v) is 5.24. The fourth-order valence-corrected chi connectivity index (χ4v) is 2.62. The number of Topliss-reactive ketones (excluding diaryl/α,β-unsaturated/α-hetero) is 1. The normalized spacial score (nSPS) is 14.7. The van der Waals surface area contributed by atoms with Crippen LogP contribution in [0.2, 0.25) is 0 Å². The second-order valence-electron chi connectivity index (χ2n) is 5.24. The lowest BCUT2D eigenvalue weighted by molar-refractivity contribution is -0.130. The molecular weight excluding hydrogens is 252 g/mol. The quantitative estimate of drug-likeness (QED) is 0.730. The third kappa shape index (κ3) is 3.83. The predicted molar refractivity (Wildman–Crippen MR) is 79.3 cm³/mol. The molecule has 20 heavy (non-hydrogen) atoms. The fraction of sp³-hybridized carbons (Fsp3) is 0.588. The van der Waals surface area contributed by atoms with Gasteiger partial charge < -0.3 is 9.47 Å². The molecule has 0 fully saturated rings.